The van der Waals surface area contributed by atoms with Crippen molar-refractivity contribution >= 4 is 27.5 Å². The Kier molecular flexibility index (Phi) is 4.24. The maximum absolute atomic E-state index is 12.0. The monoisotopic (exact) mass is 343 g/mol. The zero-order valence-electron chi connectivity index (χ0n) is 12.8. The molecule has 0 bridgehead atoms. The summed E-state index contributed by atoms with van der Waals surface area (Å²) >= 11 is 1.43. The van der Waals surface area contributed by atoms with Gasteiger partial charge < -0.3 is 9.88 Å². The quantitative estimate of drug-likeness (QED) is 0.813. The first-order valence-corrected chi connectivity index (χ1v) is 10.3. The Hall–Kier alpha value is -1.02. The van der Waals surface area contributed by atoms with Crippen molar-refractivity contribution in [3.05, 3.63) is 11.4 Å². The van der Waals surface area contributed by atoms with Gasteiger partial charge in [-0.2, -0.15) is 0 Å². The summed E-state index contributed by atoms with van der Waals surface area (Å²) in [6.07, 6.45) is 2.88. The summed E-state index contributed by atoms with van der Waals surface area (Å²) in [5.41, 5.74) is 2.18. The molecule has 122 valence electrons. The molecule has 1 aliphatic carbocycles. The lowest BCUT2D eigenvalue weighted by Gasteiger charge is -2.11. The molecule has 1 N–H and O–H groups in total. The van der Waals surface area contributed by atoms with Crippen molar-refractivity contribution in [3.63, 3.8) is 0 Å². The number of imidazole rings is 1. The van der Waals surface area contributed by atoms with Gasteiger partial charge in [0, 0.05) is 17.8 Å². The van der Waals surface area contributed by atoms with Gasteiger partial charge in [-0.25, -0.2) is 13.4 Å². The van der Waals surface area contributed by atoms with Crippen LogP contribution < -0.4 is 5.32 Å². The largest absolute Gasteiger partial charge is 0.352 e. The minimum atomic E-state index is -2.96. The predicted molar refractivity (Wildman–Crippen MR) is 85.9 cm³/mol. The molecule has 2 aliphatic rings. The minimum Gasteiger partial charge on any atom is -0.352 e. The molecule has 22 heavy (non-hydrogen) atoms. The van der Waals surface area contributed by atoms with E-state index < -0.39 is 9.84 Å². The fourth-order valence-electron chi connectivity index (χ4n) is 2.77. The number of amides is 1. The molecular weight excluding hydrogens is 322 g/mol. The molecule has 6 nitrogen and oxygen atoms in total. The molecule has 0 spiro atoms. The maximum Gasteiger partial charge on any atom is 0.230 e. The number of nitrogens with zero attached hydrogens (tertiary/aromatic N) is 2. The Morgan fingerprint density at radius 3 is 2.68 bits per heavy atom. The van der Waals surface area contributed by atoms with Crippen LogP contribution in [0.2, 0.25) is 0 Å². The van der Waals surface area contributed by atoms with E-state index in [1.807, 2.05) is 6.92 Å². The zero-order chi connectivity index (χ0) is 15.9. The van der Waals surface area contributed by atoms with Gasteiger partial charge in [0.05, 0.1) is 23.0 Å². The van der Waals surface area contributed by atoms with E-state index in [0.717, 1.165) is 10.9 Å². The van der Waals surface area contributed by atoms with Crippen molar-refractivity contribution in [1.29, 1.82) is 0 Å². The van der Waals surface area contributed by atoms with Crippen molar-refractivity contribution in [3.8, 4) is 0 Å². The molecule has 2 heterocycles. The van der Waals surface area contributed by atoms with Crippen molar-refractivity contribution in [2.75, 3.05) is 17.3 Å². The second kappa shape index (κ2) is 5.88. The fraction of sp³-hybridized carbons (Fsp3) is 0.714. The molecule has 1 saturated carbocycles. The number of aryl methyl sites for hydroxylation is 1. The third-order valence-electron chi connectivity index (χ3n) is 4.20. The van der Waals surface area contributed by atoms with E-state index in [4.69, 9.17) is 0 Å². The van der Waals surface area contributed by atoms with E-state index in [-0.39, 0.29) is 29.2 Å². The van der Waals surface area contributed by atoms with Gasteiger partial charge >= 0.3 is 0 Å². The molecule has 1 aromatic heterocycles. The average molecular weight is 343 g/mol. The van der Waals surface area contributed by atoms with Crippen LogP contribution in [0.3, 0.4) is 0 Å². The lowest BCUT2D eigenvalue weighted by molar-refractivity contribution is -0.119. The van der Waals surface area contributed by atoms with Crippen LogP contribution in [-0.4, -0.2) is 47.2 Å². The first-order chi connectivity index (χ1) is 10.4. The highest BCUT2D eigenvalue weighted by Gasteiger charge is 2.30. The average Bonchev–Trinajstić information content (AvgIpc) is 3.15. The van der Waals surface area contributed by atoms with E-state index in [1.165, 1.54) is 30.3 Å². The molecule has 1 aliphatic heterocycles. The summed E-state index contributed by atoms with van der Waals surface area (Å²) in [6, 6.07) is 0.302. The van der Waals surface area contributed by atoms with Crippen molar-refractivity contribution in [1.82, 2.24) is 14.9 Å². The highest BCUT2D eigenvalue weighted by molar-refractivity contribution is 7.99. The topological polar surface area (TPSA) is 81.1 Å². The second-order valence-electron chi connectivity index (χ2n) is 6.12. The van der Waals surface area contributed by atoms with Gasteiger partial charge in [-0.05, 0) is 33.1 Å². The molecule has 1 atom stereocenters. The SMILES string of the molecule is Cc1nc(SCC(=O)N[C@H]2CCS(=O)(=O)C2)n(C2CC2)c1C. The number of aromatic nitrogens is 2. The van der Waals surface area contributed by atoms with E-state index in [2.05, 4.69) is 21.8 Å². The normalized spacial score (nSPS) is 23.6. The third kappa shape index (κ3) is 3.48. The summed E-state index contributed by atoms with van der Waals surface area (Å²) in [5.74, 6) is 0.403. The minimum absolute atomic E-state index is 0.0678. The number of hydrogen-bond acceptors (Lipinski definition) is 5. The van der Waals surface area contributed by atoms with Crippen LogP contribution in [0.4, 0.5) is 0 Å². The summed E-state index contributed by atoms with van der Waals surface area (Å²) in [5, 5.41) is 3.71. The van der Waals surface area contributed by atoms with Gasteiger partial charge in [-0.15, -0.1) is 0 Å². The first-order valence-electron chi connectivity index (χ1n) is 7.54. The molecule has 0 radical (unpaired) electrons. The maximum atomic E-state index is 12.0. The van der Waals surface area contributed by atoms with Crippen LogP contribution in [0.25, 0.3) is 0 Å². The highest BCUT2D eigenvalue weighted by Crippen LogP contribution is 2.39. The lowest BCUT2D eigenvalue weighted by Crippen LogP contribution is -2.36. The number of nitrogens with one attached hydrogen (secondary N) is 1. The van der Waals surface area contributed by atoms with Crippen molar-refractivity contribution in [2.24, 2.45) is 0 Å². The molecule has 0 unspecified atom stereocenters. The number of carbonyl (C=O) groups excluding carboxylic acids is 1. The van der Waals surface area contributed by atoms with Gasteiger partial charge in [0.15, 0.2) is 15.0 Å². The van der Waals surface area contributed by atoms with Gasteiger partial charge in [0.2, 0.25) is 5.91 Å². The summed E-state index contributed by atoms with van der Waals surface area (Å²) in [7, 11) is -2.96. The van der Waals surface area contributed by atoms with Crippen LogP contribution in [0.5, 0.6) is 0 Å². The smallest absolute Gasteiger partial charge is 0.230 e. The molecule has 1 amide bonds. The molecular formula is C14H21N3O3S2. The number of thioether (sulfide) groups is 1. The Morgan fingerprint density at radius 2 is 2.09 bits per heavy atom. The molecule has 1 aromatic rings. The van der Waals surface area contributed by atoms with Crippen molar-refractivity contribution < 1.29 is 13.2 Å². The summed E-state index contributed by atoms with van der Waals surface area (Å²) in [6.45, 7) is 4.05. The number of sulfone groups is 1. The fourth-order valence-corrected chi connectivity index (χ4v) is 5.41. The van der Waals surface area contributed by atoms with E-state index in [0.29, 0.717) is 12.5 Å². The summed E-state index contributed by atoms with van der Waals surface area (Å²) < 4.78 is 25.0. The molecule has 2 fully saturated rings. The van der Waals surface area contributed by atoms with Gasteiger partial charge in [-0.3, -0.25) is 4.79 Å². The van der Waals surface area contributed by atoms with Crippen molar-refractivity contribution in [2.45, 2.75) is 50.4 Å². The molecule has 1 saturated heterocycles. The second-order valence-corrected chi connectivity index (χ2v) is 9.29. The highest BCUT2D eigenvalue weighted by atomic mass is 32.2. The molecule has 3 rings (SSSR count). The van der Waals surface area contributed by atoms with Crippen LogP contribution in [0, 0.1) is 13.8 Å². The predicted octanol–water partition coefficient (Wildman–Crippen LogP) is 1.23. The number of carbonyl (C=O) groups is 1. The van der Waals surface area contributed by atoms with Gasteiger partial charge in [0.25, 0.3) is 0 Å². The van der Waals surface area contributed by atoms with Crippen LogP contribution in [0.15, 0.2) is 5.16 Å². The number of hydrogen-bond donors (Lipinski definition) is 1. The summed E-state index contributed by atoms with van der Waals surface area (Å²) in [4.78, 5) is 16.6. The molecule has 8 heteroatoms. The Morgan fingerprint density at radius 1 is 1.36 bits per heavy atom. The van der Waals surface area contributed by atoms with Gasteiger partial charge in [0.1, 0.15) is 0 Å². The third-order valence-corrected chi connectivity index (χ3v) is 6.92. The van der Waals surface area contributed by atoms with E-state index >= 15 is 0 Å². The Labute approximate surface area is 135 Å². The molecule has 0 aromatic carbocycles. The Bertz CT molecular complexity index is 692. The number of rotatable bonds is 5. The van der Waals surface area contributed by atoms with Crippen LogP contribution in [0.1, 0.15) is 36.7 Å². The Balaban J connectivity index is 1.56. The standard InChI is InChI=1S/C14H21N3O3S2/c1-9-10(2)17(12-3-4-12)14(15-9)21-7-13(18)16-11-5-6-22(19,20)8-11/h11-12H,3-8H2,1-2H3,(H,16,18)/t11-/m0/s1. The zero-order valence-corrected chi connectivity index (χ0v) is 14.5. The van der Waals surface area contributed by atoms with Crippen LogP contribution in [-0.2, 0) is 14.6 Å². The van der Waals surface area contributed by atoms with E-state index in [9.17, 15) is 13.2 Å². The van der Waals surface area contributed by atoms with Gasteiger partial charge in [-0.1, -0.05) is 11.8 Å². The first kappa shape index (κ1) is 15.9. The lowest BCUT2D eigenvalue weighted by atomic mass is 10.3. The van der Waals surface area contributed by atoms with E-state index in [1.54, 1.807) is 0 Å². The van der Waals surface area contributed by atoms with Crippen LogP contribution >= 0.6 is 11.8 Å².